The van der Waals surface area contributed by atoms with Gasteiger partial charge in [0.1, 0.15) is 0 Å². The Kier molecular flexibility index (Phi) is 6.54. The third-order valence-electron chi connectivity index (χ3n) is 5.06. The van der Waals surface area contributed by atoms with E-state index >= 15 is 0 Å². The molecule has 0 saturated carbocycles. The Hall–Kier alpha value is -3.93. The van der Waals surface area contributed by atoms with E-state index in [0.717, 1.165) is 22.3 Å². The average molecular weight is 447 g/mol. The number of H-pyrrole nitrogens is 1. The Balaban J connectivity index is 1.62. The number of hydrogen-bond donors (Lipinski definition) is 1. The molecular weight excluding hydrogens is 424 g/mol. The van der Waals surface area contributed by atoms with Crippen LogP contribution in [0.2, 0.25) is 0 Å². The van der Waals surface area contributed by atoms with Gasteiger partial charge in [-0.1, -0.05) is 68.3 Å². The lowest BCUT2D eigenvalue weighted by Crippen LogP contribution is -2.15. The molecule has 1 N–H and O–H groups in total. The summed E-state index contributed by atoms with van der Waals surface area (Å²) in [5.74, 6) is 3.03. The number of halogens is 2. The zero-order chi connectivity index (χ0) is 23.3. The highest BCUT2D eigenvalue weighted by Crippen LogP contribution is 2.31. The van der Waals surface area contributed by atoms with Crippen LogP contribution in [-0.2, 0) is 12.5 Å². The first-order valence-electron chi connectivity index (χ1n) is 10.8. The zero-order valence-electron chi connectivity index (χ0n) is 18.4. The number of benzene rings is 2. The highest BCUT2D eigenvalue weighted by Gasteiger charge is 2.36. The summed E-state index contributed by atoms with van der Waals surface area (Å²) in [5, 5.41) is 18.2. The van der Waals surface area contributed by atoms with Gasteiger partial charge < -0.3 is 0 Å². The number of hydrogen-bond acceptors (Lipinski definition) is 5. The second-order valence-corrected chi connectivity index (χ2v) is 7.52. The van der Waals surface area contributed by atoms with E-state index in [9.17, 15) is 8.78 Å². The van der Waals surface area contributed by atoms with Crippen molar-refractivity contribution in [3.8, 4) is 34.4 Å². The number of rotatable bonds is 7. The molecule has 0 aliphatic rings. The van der Waals surface area contributed by atoms with E-state index in [0.29, 0.717) is 18.7 Å². The number of tetrazole rings is 1. The second-order valence-electron chi connectivity index (χ2n) is 7.52. The van der Waals surface area contributed by atoms with Gasteiger partial charge in [0, 0.05) is 18.4 Å². The molecule has 0 bridgehead atoms. The second kappa shape index (κ2) is 9.69. The van der Waals surface area contributed by atoms with Crippen LogP contribution in [0.3, 0.4) is 0 Å². The summed E-state index contributed by atoms with van der Waals surface area (Å²) in [6.45, 7) is 3.89. The summed E-state index contributed by atoms with van der Waals surface area (Å²) in [6.07, 6.45) is 0.638. The molecule has 0 aliphatic heterocycles. The molecule has 0 unspecified atom stereocenters. The molecule has 168 valence electrons. The summed E-state index contributed by atoms with van der Waals surface area (Å²) in [7, 11) is 0. The van der Waals surface area contributed by atoms with Gasteiger partial charge in [-0.05, 0) is 39.5 Å². The largest absolute Gasteiger partial charge is 0.308 e. The number of aromatic amines is 1. The van der Waals surface area contributed by atoms with E-state index < -0.39 is 11.7 Å². The van der Waals surface area contributed by atoms with Crippen LogP contribution in [0.15, 0.2) is 48.5 Å². The van der Waals surface area contributed by atoms with Crippen molar-refractivity contribution in [1.82, 2.24) is 35.4 Å². The molecule has 0 saturated heterocycles. The quantitative estimate of drug-likeness (QED) is 0.410. The van der Waals surface area contributed by atoms with Crippen LogP contribution < -0.4 is 0 Å². The van der Waals surface area contributed by atoms with E-state index in [-0.39, 0.29) is 18.8 Å². The Bertz CT molecular complexity index is 1270. The van der Waals surface area contributed by atoms with E-state index in [1.165, 1.54) is 4.68 Å². The van der Waals surface area contributed by atoms with Gasteiger partial charge >= 0.3 is 5.92 Å². The van der Waals surface area contributed by atoms with Gasteiger partial charge in [0.05, 0.1) is 6.54 Å². The van der Waals surface area contributed by atoms with Crippen molar-refractivity contribution in [3.05, 3.63) is 65.7 Å². The molecule has 0 atom stereocenters. The number of nitrogens with zero attached hydrogens (tertiary/aromatic N) is 6. The predicted molar refractivity (Wildman–Crippen MR) is 120 cm³/mol. The number of aromatic nitrogens is 7. The topological polar surface area (TPSA) is 85.2 Å². The Labute approximate surface area is 190 Å². The summed E-state index contributed by atoms with van der Waals surface area (Å²) in [6, 6.07) is 15.6. The normalized spacial score (nSPS) is 11.3. The predicted octanol–water partition coefficient (Wildman–Crippen LogP) is 4.83. The molecule has 2 aromatic carbocycles. The summed E-state index contributed by atoms with van der Waals surface area (Å²) >= 11 is 0. The van der Waals surface area contributed by atoms with Crippen molar-refractivity contribution < 1.29 is 8.78 Å². The maximum Gasteiger partial charge on any atom is 0.308 e. The van der Waals surface area contributed by atoms with Gasteiger partial charge in [0.25, 0.3) is 0 Å². The smallest absolute Gasteiger partial charge is 0.239 e. The summed E-state index contributed by atoms with van der Waals surface area (Å²) < 4.78 is 30.3. The first kappa shape index (κ1) is 22.3. The molecule has 0 fully saturated rings. The third-order valence-corrected chi connectivity index (χ3v) is 5.06. The number of alkyl halides is 2. The van der Waals surface area contributed by atoms with Crippen LogP contribution in [-0.4, -0.2) is 35.4 Å². The third kappa shape index (κ3) is 4.95. The lowest BCUT2D eigenvalue weighted by molar-refractivity contribution is -0.0232. The van der Waals surface area contributed by atoms with Crippen molar-refractivity contribution in [3.63, 3.8) is 0 Å². The van der Waals surface area contributed by atoms with Gasteiger partial charge in [-0.3, -0.25) is 0 Å². The highest BCUT2D eigenvalue weighted by molar-refractivity contribution is 5.80. The first-order chi connectivity index (χ1) is 16.0. The molecule has 0 aliphatic carbocycles. The zero-order valence-corrected chi connectivity index (χ0v) is 18.4. The molecule has 33 heavy (non-hydrogen) atoms. The monoisotopic (exact) mass is 447 g/mol. The van der Waals surface area contributed by atoms with Crippen LogP contribution in [0.25, 0.3) is 22.5 Å². The molecule has 0 amide bonds. The van der Waals surface area contributed by atoms with E-state index in [1.54, 1.807) is 6.92 Å². The minimum atomic E-state index is -3.08. The van der Waals surface area contributed by atoms with Gasteiger partial charge in [-0.2, -0.15) is 13.8 Å². The van der Waals surface area contributed by atoms with E-state index in [1.807, 2.05) is 55.5 Å². The van der Waals surface area contributed by atoms with E-state index in [2.05, 4.69) is 42.5 Å². The van der Waals surface area contributed by atoms with Gasteiger partial charge in [0.2, 0.25) is 11.6 Å². The van der Waals surface area contributed by atoms with Gasteiger partial charge in [-0.25, -0.2) is 9.78 Å². The Morgan fingerprint density at radius 3 is 2.45 bits per heavy atom. The van der Waals surface area contributed by atoms with Crippen LogP contribution in [0.5, 0.6) is 0 Å². The standard InChI is InChI=1S/C24H23F2N7/c1-3-5-10-21-27-23(24(25,26)15-4-2)30-33(21)16-17-11-13-18(14-12-17)19-8-6-7-9-20(19)22-28-31-32-29-22/h6-9,11-14H,3-4,15-16H2,1-2H3,(H,28,29,31,32). The Morgan fingerprint density at radius 1 is 1.03 bits per heavy atom. The molecule has 0 spiro atoms. The first-order valence-corrected chi connectivity index (χ1v) is 10.8. The van der Waals surface area contributed by atoms with Crippen molar-refractivity contribution in [2.24, 2.45) is 0 Å². The molecule has 0 radical (unpaired) electrons. The molecule has 9 heteroatoms. The van der Waals surface area contributed by atoms with Gasteiger partial charge in [-0.15, -0.1) is 10.2 Å². The SMILES string of the molecule is CCC#Cc1nc(C(F)(F)CCC)nn1Cc1ccc(-c2ccccc2-c2nnn[nH]2)cc1. The van der Waals surface area contributed by atoms with Crippen LogP contribution >= 0.6 is 0 Å². The van der Waals surface area contributed by atoms with Crippen LogP contribution in [0.1, 0.15) is 50.3 Å². The molecule has 2 aromatic heterocycles. The van der Waals surface area contributed by atoms with Gasteiger partial charge in [0.15, 0.2) is 5.82 Å². The fourth-order valence-electron chi connectivity index (χ4n) is 3.47. The maximum atomic E-state index is 14.4. The Morgan fingerprint density at radius 2 is 1.79 bits per heavy atom. The van der Waals surface area contributed by atoms with E-state index in [4.69, 9.17) is 0 Å². The lowest BCUT2D eigenvalue weighted by atomic mass is 9.98. The lowest BCUT2D eigenvalue weighted by Gasteiger charge is -2.10. The molecule has 4 aromatic rings. The molecule has 2 heterocycles. The van der Waals surface area contributed by atoms with Crippen molar-refractivity contribution in [2.45, 2.75) is 45.6 Å². The fourth-order valence-corrected chi connectivity index (χ4v) is 3.47. The minimum absolute atomic E-state index is 0.245. The summed E-state index contributed by atoms with van der Waals surface area (Å²) in [5.41, 5.74) is 3.73. The van der Waals surface area contributed by atoms with Crippen LogP contribution in [0, 0.1) is 11.8 Å². The number of nitrogens with one attached hydrogen (secondary N) is 1. The highest BCUT2D eigenvalue weighted by atomic mass is 19.3. The maximum absolute atomic E-state index is 14.4. The molecule has 4 rings (SSSR count). The summed E-state index contributed by atoms with van der Waals surface area (Å²) in [4.78, 5) is 4.05. The van der Waals surface area contributed by atoms with Crippen molar-refractivity contribution >= 4 is 0 Å². The van der Waals surface area contributed by atoms with Crippen LogP contribution in [0.4, 0.5) is 8.78 Å². The molecule has 7 nitrogen and oxygen atoms in total. The minimum Gasteiger partial charge on any atom is -0.239 e. The molecular formula is C24H23F2N7. The average Bonchev–Trinajstić information content (AvgIpc) is 3.49. The fraction of sp³-hybridized carbons (Fsp3) is 0.292. The van der Waals surface area contributed by atoms with Crippen molar-refractivity contribution in [1.29, 1.82) is 0 Å². The van der Waals surface area contributed by atoms with Crippen molar-refractivity contribution in [2.75, 3.05) is 0 Å².